The zero-order valence-corrected chi connectivity index (χ0v) is 13.9. The van der Waals surface area contributed by atoms with Crippen molar-refractivity contribution in [3.63, 3.8) is 0 Å². The Balaban J connectivity index is 0.00000208. The van der Waals surface area contributed by atoms with Crippen LogP contribution in [-0.2, 0) is 9.53 Å². The van der Waals surface area contributed by atoms with E-state index in [0.717, 1.165) is 0 Å². The Hall–Kier alpha value is -1.96. The summed E-state index contributed by atoms with van der Waals surface area (Å²) in [7, 11) is 0. The molecule has 130 valence electrons. The van der Waals surface area contributed by atoms with E-state index in [1.54, 1.807) is 24.4 Å². The Morgan fingerprint density at radius 3 is 2.75 bits per heavy atom. The van der Waals surface area contributed by atoms with Gasteiger partial charge >= 0.3 is 0 Å². The van der Waals surface area contributed by atoms with E-state index < -0.39 is 5.41 Å². The van der Waals surface area contributed by atoms with E-state index in [9.17, 15) is 9.18 Å². The molecule has 0 radical (unpaired) electrons. The van der Waals surface area contributed by atoms with Crippen molar-refractivity contribution in [1.29, 1.82) is 0 Å². The number of ether oxygens (including phenoxy) is 1. The van der Waals surface area contributed by atoms with Crippen LogP contribution >= 0.6 is 12.4 Å². The largest absolute Gasteiger partial charge is 0.381 e. The van der Waals surface area contributed by atoms with E-state index >= 15 is 0 Å². The van der Waals surface area contributed by atoms with Crippen LogP contribution in [0, 0.1) is 11.2 Å². The molecule has 0 aliphatic carbocycles. The summed E-state index contributed by atoms with van der Waals surface area (Å²) in [6.45, 7) is 1.32. The third-order valence-electron chi connectivity index (χ3n) is 4.26. The van der Waals surface area contributed by atoms with Crippen LogP contribution in [-0.4, -0.2) is 35.4 Å². The zero-order valence-electron chi connectivity index (χ0n) is 13.1. The van der Waals surface area contributed by atoms with Crippen LogP contribution in [0.5, 0.6) is 0 Å². The summed E-state index contributed by atoms with van der Waals surface area (Å²) in [4.78, 5) is 12.6. The Morgan fingerprint density at radius 1 is 1.38 bits per heavy atom. The molecule has 0 spiro atoms. The fourth-order valence-electron chi connectivity index (χ4n) is 2.71. The lowest BCUT2D eigenvalue weighted by atomic mass is 9.79. The Bertz CT molecular complexity index is 701. The number of aromatic nitrogens is 2. The first kappa shape index (κ1) is 18.4. The van der Waals surface area contributed by atoms with Crippen LogP contribution in [0.1, 0.15) is 12.8 Å². The van der Waals surface area contributed by atoms with Crippen molar-refractivity contribution < 1.29 is 13.9 Å². The average Bonchev–Trinajstić information content (AvgIpc) is 3.04. The molecule has 0 saturated carbocycles. The van der Waals surface area contributed by atoms with Crippen molar-refractivity contribution in [2.45, 2.75) is 12.8 Å². The maximum Gasteiger partial charge on any atom is 0.232 e. The van der Waals surface area contributed by atoms with Crippen molar-refractivity contribution >= 4 is 24.0 Å². The van der Waals surface area contributed by atoms with Gasteiger partial charge < -0.3 is 15.8 Å². The van der Waals surface area contributed by atoms with Gasteiger partial charge in [0.1, 0.15) is 11.5 Å². The molecular formula is C16H20ClFN4O2. The Labute approximate surface area is 145 Å². The number of nitrogens with one attached hydrogen (secondary N) is 1. The standard InChI is InChI=1S/C16H19FN4O2.ClH/c17-13-3-1-2-4-14(13)21-10-12(9-19-21)20-15(22)16(11-18)5-7-23-8-6-16;/h1-4,9-10H,5-8,11,18H2,(H,20,22);1H. The van der Waals surface area contributed by atoms with E-state index in [1.807, 2.05) is 0 Å². The van der Waals surface area contributed by atoms with E-state index in [1.165, 1.54) is 16.9 Å². The number of rotatable bonds is 4. The van der Waals surface area contributed by atoms with E-state index in [-0.39, 0.29) is 30.7 Å². The minimum Gasteiger partial charge on any atom is -0.381 e. The maximum atomic E-state index is 13.8. The quantitative estimate of drug-likeness (QED) is 0.881. The highest BCUT2D eigenvalue weighted by Crippen LogP contribution is 2.31. The van der Waals surface area contributed by atoms with Crippen LogP contribution < -0.4 is 11.1 Å². The molecule has 24 heavy (non-hydrogen) atoms. The smallest absolute Gasteiger partial charge is 0.232 e. The summed E-state index contributed by atoms with van der Waals surface area (Å²) in [6, 6.07) is 6.32. The number of nitrogens with two attached hydrogens (primary N) is 1. The fourth-order valence-corrected chi connectivity index (χ4v) is 2.71. The van der Waals surface area contributed by atoms with Crippen molar-refractivity contribution in [3.8, 4) is 5.69 Å². The summed E-state index contributed by atoms with van der Waals surface area (Å²) >= 11 is 0. The van der Waals surface area contributed by atoms with Crippen LogP contribution in [0.2, 0.25) is 0 Å². The van der Waals surface area contributed by atoms with Crippen LogP contribution in [0.3, 0.4) is 0 Å². The molecule has 0 atom stereocenters. The molecule has 1 aromatic carbocycles. The maximum absolute atomic E-state index is 13.8. The normalized spacial score (nSPS) is 16.2. The molecule has 0 unspecified atom stereocenters. The highest BCUT2D eigenvalue weighted by Gasteiger charge is 2.38. The molecule has 2 heterocycles. The second-order valence-electron chi connectivity index (χ2n) is 5.68. The summed E-state index contributed by atoms with van der Waals surface area (Å²) in [5, 5.41) is 6.93. The molecule has 0 bridgehead atoms. The topological polar surface area (TPSA) is 82.2 Å². The van der Waals surface area contributed by atoms with E-state index in [2.05, 4.69) is 10.4 Å². The molecular weight excluding hydrogens is 335 g/mol. The highest BCUT2D eigenvalue weighted by molar-refractivity contribution is 5.95. The number of nitrogens with zero attached hydrogens (tertiary/aromatic N) is 2. The van der Waals surface area contributed by atoms with Crippen molar-refractivity contribution in [1.82, 2.24) is 9.78 Å². The number of amides is 1. The van der Waals surface area contributed by atoms with Gasteiger partial charge in [-0.3, -0.25) is 4.79 Å². The number of carbonyl (C=O) groups is 1. The van der Waals surface area contributed by atoms with Crippen LogP contribution in [0.25, 0.3) is 5.69 Å². The molecule has 3 N–H and O–H groups in total. The molecule has 1 fully saturated rings. The molecule has 3 rings (SSSR count). The molecule has 1 saturated heterocycles. The van der Waals surface area contributed by atoms with Gasteiger partial charge in [-0.1, -0.05) is 12.1 Å². The lowest BCUT2D eigenvalue weighted by molar-refractivity contribution is -0.130. The third kappa shape index (κ3) is 3.58. The number of carbonyl (C=O) groups excluding carboxylic acids is 1. The molecule has 1 aromatic heterocycles. The molecule has 1 aliphatic rings. The number of para-hydroxylation sites is 1. The molecule has 6 nitrogen and oxygen atoms in total. The van der Waals surface area contributed by atoms with Gasteiger partial charge in [-0.15, -0.1) is 12.4 Å². The fraction of sp³-hybridized carbons (Fsp3) is 0.375. The minimum atomic E-state index is -0.613. The number of anilines is 1. The Kier molecular flexibility index (Phi) is 5.93. The molecule has 2 aromatic rings. The summed E-state index contributed by atoms with van der Waals surface area (Å²) in [5.41, 5.74) is 6.05. The van der Waals surface area contributed by atoms with Crippen LogP contribution in [0.15, 0.2) is 36.7 Å². The minimum absolute atomic E-state index is 0. The average molecular weight is 355 g/mol. The SMILES string of the molecule is Cl.NCC1(C(=O)Nc2cnn(-c3ccccc3F)c2)CCOCC1. The van der Waals surface area contributed by atoms with Gasteiger partial charge in [-0.2, -0.15) is 5.10 Å². The number of halogens is 2. The van der Waals surface area contributed by atoms with Gasteiger partial charge in [0.05, 0.1) is 23.5 Å². The summed E-state index contributed by atoms with van der Waals surface area (Å²) in [5.74, 6) is -0.521. The van der Waals surface area contributed by atoms with Crippen LogP contribution in [0.4, 0.5) is 10.1 Å². The first-order valence-electron chi connectivity index (χ1n) is 7.53. The van der Waals surface area contributed by atoms with E-state index in [0.29, 0.717) is 37.4 Å². The van der Waals surface area contributed by atoms with Crippen molar-refractivity contribution in [2.24, 2.45) is 11.1 Å². The van der Waals surface area contributed by atoms with Gasteiger partial charge in [0.15, 0.2) is 0 Å². The van der Waals surface area contributed by atoms with Gasteiger partial charge in [-0.05, 0) is 25.0 Å². The van der Waals surface area contributed by atoms with Gasteiger partial charge in [-0.25, -0.2) is 9.07 Å². The predicted molar refractivity (Wildman–Crippen MR) is 90.9 cm³/mol. The van der Waals surface area contributed by atoms with Gasteiger partial charge in [0, 0.05) is 19.8 Å². The van der Waals surface area contributed by atoms with E-state index in [4.69, 9.17) is 10.5 Å². The lowest BCUT2D eigenvalue weighted by Crippen LogP contribution is -2.46. The first-order chi connectivity index (χ1) is 11.1. The van der Waals surface area contributed by atoms with Gasteiger partial charge in [0.25, 0.3) is 0 Å². The second-order valence-corrected chi connectivity index (χ2v) is 5.68. The Morgan fingerprint density at radius 2 is 2.08 bits per heavy atom. The highest BCUT2D eigenvalue weighted by atomic mass is 35.5. The number of benzene rings is 1. The number of hydrogen-bond acceptors (Lipinski definition) is 4. The monoisotopic (exact) mass is 354 g/mol. The van der Waals surface area contributed by atoms with Crippen molar-refractivity contribution in [2.75, 3.05) is 25.1 Å². The van der Waals surface area contributed by atoms with Crippen molar-refractivity contribution in [3.05, 3.63) is 42.5 Å². The molecule has 1 amide bonds. The van der Waals surface area contributed by atoms with Gasteiger partial charge in [0.2, 0.25) is 5.91 Å². The third-order valence-corrected chi connectivity index (χ3v) is 4.26. The summed E-state index contributed by atoms with van der Waals surface area (Å²) < 4.78 is 20.5. The molecule has 8 heteroatoms. The zero-order chi connectivity index (χ0) is 16.3. The lowest BCUT2D eigenvalue weighted by Gasteiger charge is -2.34. The predicted octanol–water partition coefficient (Wildman–Crippen LogP) is 2.13. The number of hydrogen-bond donors (Lipinski definition) is 2. The summed E-state index contributed by atoms with van der Waals surface area (Å²) in [6.07, 6.45) is 4.27. The molecule has 1 aliphatic heterocycles. The second kappa shape index (κ2) is 7.74. The first-order valence-corrected chi connectivity index (χ1v) is 7.53.